The highest BCUT2D eigenvalue weighted by atomic mass is 19.1. The number of carbonyl (C=O) groups is 1. The molecule has 0 N–H and O–H groups in total. The Balaban J connectivity index is 2.57. The molecule has 0 aromatic heterocycles. The summed E-state index contributed by atoms with van der Waals surface area (Å²) in [6.07, 6.45) is 0.790. The number of rotatable bonds is 2. The third-order valence-electron chi connectivity index (χ3n) is 2.53. The summed E-state index contributed by atoms with van der Waals surface area (Å²) in [4.78, 5) is 10.7. The third-order valence-corrected chi connectivity index (χ3v) is 2.53. The molecule has 0 aliphatic heterocycles. The second-order valence-electron chi connectivity index (χ2n) is 3.70. The lowest BCUT2D eigenvalue weighted by molar-refractivity contribution is 0.112. The Bertz CT molecular complexity index is 532. The Hall–Kier alpha value is -1.96. The van der Waals surface area contributed by atoms with Crippen LogP contribution in [0, 0.1) is 12.7 Å². The molecule has 0 saturated heterocycles. The SMILES string of the molecule is Cc1ccc(F)cc1-c1cccc(C=O)c1. The molecule has 2 rings (SSSR count). The van der Waals surface area contributed by atoms with Crippen molar-refractivity contribution in [1.82, 2.24) is 0 Å². The fourth-order valence-corrected chi connectivity index (χ4v) is 1.68. The van der Waals surface area contributed by atoms with Gasteiger partial charge in [0.15, 0.2) is 0 Å². The highest BCUT2D eigenvalue weighted by molar-refractivity contribution is 5.79. The summed E-state index contributed by atoms with van der Waals surface area (Å²) in [5.74, 6) is -0.267. The van der Waals surface area contributed by atoms with E-state index >= 15 is 0 Å². The number of aryl methyl sites for hydroxylation is 1. The Morgan fingerprint density at radius 3 is 2.69 bits per heavy atom. The van der Waals surface area contributed by atoms with Crippen molar-refractivity contribution in [2.24, 2.45) is 0 Å². The highest BCUT2D eigenvalue weighted by Gasteiger charge is 2.04. The van der Waals surface area contributed by atoms with Crippen molar-refractivity contribution in [2.45, 2.75) is 6.92 Å². The van der Waals surface area contributed by atoms with Crippen molar-refractivity contribution in [3.63, 3.8) is 0 Å². The average Bonchev–Trinajstić information content (AvgIpc) is 2.32. The van der Waals surface area contributed by atoms with Gasteiger partial charge in [0.25, 0.3) is 0 Å². The van der Waals surface area contributed by atoms with Crippen LogP contribution in [0.3, 0.4) is 0 Å². The van der Waals surface area contributed by atoms with E-state index in [4.69, 9.17) is 0 Å². The topological polar surface area (TPSA) is 17.1 Å². The zero-order chi connectivity index (χ0) is 11.5. The summed E-state index contributed by atoms with van der Waals surface area (Å²) >= 11 is 0. The number of halogens is 1. The van der Waals surface area contributed by atoms with Gasteiger partial charge in [0.05, 0.1) is 0 Å². The summed E-state index contributed by atoms with van der Waals surface area (Å²) in [5.41, 5.74) is 3.27. The monoisotopic (exact) mass is 214 g/mol. The maximum Gasteiger partial charge on any atom is 0.150 e. The van der Waals surface area contributed by atoms with Crippen LogP contribution in [0.1, 0.15) is 15.9 Å². The average molecular weight is 214 g/mol. The molecular weight excluding hydrogens is 203 g/mol. The lowest BCUT2D eigenvalue weighted by Crippen LogP contribution is -1.87. The first-order valence-corrected chi connectivity index (χ1v) is 5.02. The molecule has 0 aliphatic rings. The number of benzene rings is 2. The van der Waals surface area contributed by atoms with Crippen molar-refractivity contribution in [3.8, 4) is 11.1 Å². The quantitative estimate of drug-likeness (QED) is 0.698. The molecule has 0 unspecified atom stereocenters. The summed E-state index contributed by atoms with van der Waals surface area (Å²) in [6.45, 7) is 1.92. The van der Waals surface area contributed by atoms with Gasteiger partial charge >= 0.3 is 0 Å². The minimum Gasteiger partial charge on any atom is -0.298 e. The van der Waals surface area contributed by atoms with E-state index in [1.807, 2.05) is 13.0 Å². The van der Waals surface area contributed by atoms with Crippen molar-refractivity contribution >= 4 is 6.29 Å². The van der Waals surface area contributed by atoms with Crippen LogP contribution in [0.25, 0.3) is 11.1 Å². The molecule has 2 aromatic carbocycles. The van der Waals surface area contributed by atoms with Crippen LogP contribution in [0.5, 0.6) is 0 Å². The molecule has 0 atom stereocenters. The van der Waals surface area contributed by atoms with Crippen LogP contribution in [0.15, 0.2) is 42.5 Å². The predicted octanol–water partition coefficient (Wildman–Crippen LogP) is 3.61. The van der Waals surface area contributed by atoms with Gasteiger partial charge in [-0.05, 0) is 41.8 Å². The molecule has 0 heterocycles. The fraction of sp³-hybridized carbons (Fsp3) is 0.0714. The molecule has 0 aliphatic carbocycles. The van der Waals surface area contributed by atoms with E-state index in [1.165, 1.54) is 12.1 Å². The first kappa shape index (κ1) is 10.6. The molecule has 0 fully saturated rings. The smallest absolute Gasteiger partial charge is 0.150 e. The van der Waals surface area contributed by atoms with E-state index in [1.54, 1.807) is 24.3 Å². The van der Waals surface area contributed by atoms with E-state index in [0.29, 0.717) is 5.56 Å². The number of hydrogen-bond acceptors (Lipinski definition) is 1. The van der Waals surface area contributed by atoms with E-state index in [9.17, 15) is 9.18 Å². The Morgan fingerprint density at radius 1 is 1.12 bits per heavy atom. The number of aldehydes is 1. The largest absolute Gasteiger partial charge is 0.298 e. The summed E-state index contributed by atoms with van der Waals surface area (Å²) in [7, 11) is 0. The van der Waals surface area contributed by atoms with Gasteiger partial charge in [-0.25, -0.2) is 4.39 Å². The summed E-state index contributed by atoms with van der Waals surface area (Å²) < 4.78 is 13.1. The Kier molecular flexibility index (Phi) is 2.82. The van der Waals surface area contributed by atoms with Crippen LogP contribution in [0.4, 0.5) is 4.39 Å². The van der Waals surface area contributed by atoms with Gasteiger partial charge in [-0.1, -0.05) is 24.3 Å². The van der Waals surface area contributed by atoms with Gasteiger partial charge in [-0.2, -0.15) is 0 Å². The van der Waals surface area contributed by atoms with E-state index in [0.717, 1.165) is 23.0 Å². The molecule has 0 spiro atoms. The first-order valence-electron chi connectivity index (χ1n) is 5.02. The number of hydrogen-bond donors (Lipinski definition) is 0. The Labute approximate surface area is 93.5 Å². The third kappa shape index (κ3) is 2.01. The van der Waals surface area contributed by atoms with Crippen LogP contribution >= 0.6 is 0 Å². The molecule has 0 saturated carbocycles. The first-order chi connectivity index (χ1) is 7.70. The zero-order valence-electron chi connectivity index (χ0n) is 8.91. The van der Waals surface area contributed by atoms with Crippen LogP contribution in [-0.4, -0.2) is 6.29 Å². The van der Waals surface area contributed by atoms with Gasteiger partial charge in [-0.15, -0.1) is 0 Å². The molecule has 2 heteroatoms. The fourth-order valence-electron chi connectivity index (χ4n) is 1.68. The predicted molar refractivity (Wildman–Crippen MR) is 62.0 cm³/mol. The van der Waals surface area contributed by atoms with Crippen molar-refractivity contribution in [2.75, 3.05) is 0 Å². The maximum absolute atomic E-state index is 13.1. The molecule has 16 heavy (non-hydrogen) atoms. The summed E-state index contributed by atoms with van der Waals surface area (Å²) in [6, 6.07) is 11.8. The minimum atomic E-state index is -0.267. The highest BCUT2D eigenvalue weighted by Crippen LogP contribution is 2.24. The maximum atomic E-state index is 13.1. The normalized spacial score (nSPS) is 10.1. The van der Waals surface area contributed by atoms with Crippen molar-refractivity contribution in [3.05, 3.63) is 59.4 Å². The van der Waals surface area contributed by atoms with Crippen LogP contribution in [-0.2, 0) is 0 Å². The minimum absolute atomic E-state index is 0.267. The van der Waals surface area contributed by atoms with Gasteiger partial charge < -0.3 is 0 Å². The Morgan fingerprint density at radius 2 is 1.94 bits per heavy atom. The summed E-state index contributed by atoms with van der Waals surface area (Å²) in [5, 5.41) is 0. The van der Waals surface area contributed by atoms with E-state index in [2.05, 4.69) is 0 Å². The second kappa shape index (κ2) is 4.27. The number of carbonyl (C=O) groups excluding carboxylic acids is 1. The van der Waals surface area contributed by atoms with E-state index < -0.39 is 0 Å². The molecule has 2 aromatic rings. The molecule has 0 radical (unpaired) electrons. The molecule has 0 bridgehead atoms. The standard InChI is InChI=1S/C14H11FO/c1-10-5-6-13(15)8-14(10)12-4-2-3-11(7-12)9-16/h2-9H,1H3. The van der Waals surface area contributed by atoms with Crippen LogP contribution < -0.4 is 0 Å². The lowest BCUT2D eigenvalue weighted by atomic mass is 9.99. The molecule has 80 valence electrons. The molecule has 0 amide bonds. The zero-order valence-corrected chi connectivity index (χ0v) is 8.91. The van der Waals surface area contributed by atoms with Gasteiger partial charge in [0.2, 0.25) is 0 Å². The second-order valence-corrected chi connectivity index (χ2v) is 3.70. The lowest BCUT2D eigenvalue weighted by Gasteiger charge is -2.06. The van der Waals surface area contributed by atoms with Gasteiger partial charge in [-0.3, -0.25) is 4.79 Å². The van der Waals surface area contributed by atoms with E-state index in [-0.39, 0.29) is 5.82 Å². The van der Waals surface area contributed by atoms with Crippen molar-refractivity contribution < 1.29 is 9.18 Å². The molecule has 1 nitrogen and oxygen atoms in total. The van der Waals surface area contributed by atoms with Crippen molar-refractivity contribution in [1.29, 1.82) is 0 Å². The van der Waals surface area contributed by atoms with Crippen LogP contribution in [0.2, 0.25) is 0 Å². The van der Waals surface area contributed by atoms with Gasteiger partial charge in [0, 0.05) is 5.56 Å². The van der Waals surface area contributed by atoms with Gasteiger partial charge in [0.1, 0.15) is 12.1 Å². The molecular formula is C14H11FO.